The molecule has 2 rings (SSSR count). The van der Waals surface area contributed by atoms with Crippen molar-refractivity contribution in [1.29, 1.82) is 0 Å². The fraction of sp³-hybridized carbons (Fsp3) is 0.235. The highest BCUT2D eigenvalue weighted by Crippen LogP contribution is 2.23. The first-order valence-corrected chi connectivity index (χ1v) is 6.58. The molecule has 2 aromatic rings. The van der Waals surface area contributed by atoms with Crippen molar-refractivity contribution >= 4 is 11.5 Å². The first-order valence-electron chi connectivity index (χ1n) is 6.58. The molecule has 1 N–H and O–H groups in total. The molecule has 0 bridgehead atoms. The van der Waals surface area contributed by atoms with Gasteiger partial charge in [0.1, 0.15) is 5.75 Å². The van der Waals surface area contributed by atoms with Gasteiger partial charge < -0.3 is 10.0 Å². The van der Waals surface area contributed by atoms with Gasteiger partial charge in [0.25, 0.3) is 0 Å². The Bertz CT molecular complexity index is 617. The van der Waals surface area contributed by atoms with Crippen molar-refractivity contribution in [2.75, 3.05) is 11.9 Å². The Morgan fingerprint density at radius 1 is 1.15 bits per heavy atom. The molecule has 0 radical (unpaired) electrons. The monoisotopic (exact) mass is 269 g/mol. The standard InChI is InChI=1S/C17H19NO2/c1-12-4-7-16(8-5-12)18(3)11-15-10-14(13(2)19)6-9-17(15)20/h4-10,20H,11H2,1-3H3. The molecule has 0 saturated carbocycles. The van der Waals surface area contributed by atoms with Gasteiger partial charge in [-0.05, 0) is 44.2 Å². The second kappa shape index (κ2) is 5.78. The van der Waals surface area contributed by atoms with Crippen molar-refractivity contribution < 1.29 is 9.90 Å². The molecule has 0 saturated heterocycles. The van der Waals surface area contributed by atoms with Gasteiger partial charge in [-0.25, -0.2) is 0 Å². The van der Waals surface area contributed by atoms with Gasteiger partial charge in [0.15, 0.2) is 5.78 Å². The summed E-state index contributed by atoms with van der Waals surface area (Å²) in [6.45, 7) is 4.13. The predicted octanol–water partition coefficient (Wildman–Crippen LogP) is 3.54. The van der Waals surface area contributed by atoms with Gasteiger partial charge in [-0.15, -0.1) is 0 Å². The van der Waals surface area contributed by atoms with Crippen LogP contribution in [0, 0.1) is 6.92 Å². The van der Waals surface area contributed by atoms with E-state index in [-0.39, 0.29) is 11.5 Å². The molecule has 0 aliphatic heterocycles. The van der Waals surface area contributed by atoms with Crippen LogP contribution in [0.25, 0.3) is 0 Å². The van der Waals surface area contributed by atoms with Gasteiger partial charge in [-0.1, -0.05) is 17.7 Å². The molecule has 2 aromatic carbocycles. The third kappa shape index (κ3) is 3.18. The third-order valence-corrected chi connectivity index (χ3v) is 3.37. The summed E-state index contributed by atoms with van der Waals surface area (Å²) in [7, 11) is 1.96. The van der Waals surface area contributed by atoms with Gasteiger partial charge >= 0.3 is 0 Å². The number of hydrogen-bond acceptors (Lipinski definition) is 3. The number of aromatic hydroxyl groups is 1. The number of Topliss-reactive ketones (excluding diaryl/α,β-unsaturated/α-hetero) is 1. The van der Waals surface area contributed by atoms with E-state index >= 15 is 0 Å². The maximum atomic E-state index is 11.4. The smallest absolute Gasteiger partial charge is 0.159 e. The highest BCUT2D eigenvalue weighted by atomic mass is 16.3. The van der Waals surface area contributed by atoms with E-state index in [1.54, 1.807) is 18.2 Å². The maximum Gasteiger partial charge on any atom is 0.159 e. The molecule has 20 heavy (non-hydrogen) atoms. The SMILES string of the molecule is CC(=O)c1ccc(O)c(CN(C)c2ccc(C)cc2)c1. The molecule has 0 aliphatic rings. The first kappa shape index (κ1) is 14.1. The van der Waals surface area contributed by atoms with Crippen LogP contribution in [0.2, 0.25) is 0 Å². The summed E-state index contributed by atoms with van der Waals surface area (Å²) in [4.78, 5) is 13.4. The Kier molecular flexibility index (Phi) is 4.08. The van der Waals surface area contributed by atoms with Crippen LogP contribution >= 0.6 is 0 Å². The molecule has 0 atom stereocenters. The lowest BCUT2D eigenvalue weighted by Gasteiger charge is -2.20. The number of benzene rings is 2. The van der Waals surface area contributed by atoms with E-state index in [0.717, 1.165) is 11.3 Å². The zero-order valence-corrected chi connectivity index (χ0v) is 12.1. The zero-order valence-electron chi connectivity index (χ0n) is 12.1. The van der Waals surface area contributed by atoms with Crippen molar-refractivity contribution in [2.45, 2.75) is 20.4 Å². The Morgan fingerprint density at radius 2 is 1.80 bits per heavy atom. The number of ketones is 1. The normalized spacial score (nSPS) is 10.3. The van der Waals surface area contributed by atoms with Crippen molar-refractivity contribution in [3.05, 3.63) is 59.2 Å². The van der Waals surface area contributed by atoms with E-state index < -0.39 is 0 Å². The average molecular weight is 269 g/mol. The zero-order chi connectivity index (χ0) is 14.7. The van der Waals surface area contributed by atoms with Crippen LogP contribution in [0.15, 0.2) is 42.5 Å². The van der Waals surface area contributed by atoms with E-state index in [0.29, 0.717) is 12.1 Å². The molecule has 3 heteroatoms. The minimum Gasteiger partial charge on any atom is -0.508 e. The number of carbonyl (C=O) groups excluding carboxylic acids is 1. The summed E-state index contributed by atoms with van der Waals surface area (Å²) in [5.74, 6) is 0.221. The quantitative estimate of drug-likeness (QED) is 0.863. The molecule has 0 heterocycles. The Balaban J connectivity index is 2.22. The number of hydrogen-bond donors (Lipinski definition) is 1. The lowest BCUT2D eigenvalue weighted by Crippen LogP contribution is -2.16. The molecule has 0 aromatic heterocycles. The third-order valence-electron chi connectivity index (χ3n) is 3.37. The molecule has 0 unspecified atom stereocenters. The molecule has 0 spiro atoms. The largest absolute Gasteiger partial charge is 0.508 e. The lowest BCUT2D eigenvalue weighted by molar-refractivity contribution is 0.101. The summed E-state index contributed by atoms with van der Waals surface area (Å²) < 4.78 is 0. The van der Waals surface area contributed by atoms with Gasteiger partial charge in [0.05, 0.1) is 0 Å². The van der Waals surface area contributed by atoms with Crippen LogP contribution < -0.4 is 4.90 Å². The number of anilines is 1. The molecular weight excluding hydrogens is 250 g/mol. The fourth-order valence-corrected chi connectivity index (χ4v) is 2.08. The van der Waals surface area contributed by atoms with Crippen LogP contribution in [-0.4, -0.2) is 17.9 Å². The van der Waals surface area contributed by atoms with Crippen LogP contribution in [0.5, 0.6) is 5.75 Å². The van der Waals surface area contributed by atoms with Crippen LogP contribution in [0.3, 0.4) is 0 Å². The Hall–Kier alpha value is -2.29. The Labute approximate surface area is 119 Å². The number of carbonyl (C=O) groups is 1. The summed E-state index contributed by atoms with van der Waals surface area (Å²) in [6, 6.07) is 13.2. The minimum atomic E-state index is 0.00392. The lowest BCUT2D eigenvalue weighted by atomic mass is 10.1. The molecular formula is C17H19NO2. The van der Waals surface area contributed by atoms with Gasteiger partial charge in [-0.3, -0.25) is 4.79 Å². The second-order valence-electron chi connectivity index (χ2n) is 5.09. The van der Waals surface area contributed by atoms with E-state index in [2.05, 4.69) is 12.1 Å². The maximum absolute atomic E-state index is 11.4. The highest BCUT2D eigenvalue weighted by molar-refractivity contribution is 5.94. The highest BCUT2D eigenvalue weighted by Gasteiger charge is 2.09. The molecule has 104 valence electrons. The number of phenols is 1. The fourth-order valence-electron chi connectivity index (χ4n) is 2.08. The van der Waals surface area contributed by atoms with Gasteiger partial charge in [0.2, 0.25) is 0 Å². The summed E-state index contributed by atoms with van der Waals surface area (Å²) in [5.41, 5.74) is 3.66. The summed E-state index contributed by atoms with van der Waals surface area (Å²) in [5, 5.41) is 9.92. The topological polar surface area (TPSA) is 40.5 Å². The van der Waals surface area contributed by atoms with E-state index in [9.17, 15) is 9.90 Å². The van der Waals surface area contributed by atoms with Crippen molar-refractivity contribution in [3.8, 4) is 5.75 Å². The van der Waals surface area contributed by atoms with Crippen LogP contribution in [0.1, 0.15) is 28.4 Å². The molecule has 3 nitrogen and oxygen atoms in total. The van der Waals surface area contributed by atoms with Crippen LogP contribution in [0.4, 0.5) is 5.69 Å². The Morgan fingerprint density at radius 3 is 2.40 bits per heavy atom. The van der Waals surface area contributed by atoms with Gasteiger partial charge in [-0.2, -0.15) is 0 Å². The van der Waals surface area contributed by atoms with Crippen LogP contribution in [-0.2, 0) is 6.54 Å². The average Bonchev–Trinajstić information content (AvgIpc) is 2.41. The van der Waals surface area contributed by atoms with E-state index in [1.165, 1.54) is 12.5 Å². The molecule has 0 amide bonds. The van der Waals surface area contributed by atoms with E-state index in [4.69, 9.17) is 0 Å². The number of aryl methyl sites for hydroxylation is 1. The van der Waals surface area contributed by atoms with Crippen molar-refractivity contribution in [2.24, 2.45) is 0 Å². The van der Waals surface area contributed by atoms with Crippen molar-refractivity contribution in [1.82, 2.24) is 0 Å². The second-order valence-corrected chi connectivity index (χ2v) is 5.09. The van der Waals surface area contributed by atoms with E-state index in [1.807, 2.05) is 31.0 Å². The number of rotatable bonds is 4. The summed E-state index contributed by atoms with van der Waals surface area (Å²) in [6.07, 6.45) is 0. The number of nitrogens with zero attached hydrogens (tertiary/aromatic N) is 1. The molecule has 0 fully saturated rings. The first-order chi connectivity index (χ1) is 9.47. The minimum absolute atomic E-state index is 0.00392. The number of phenolic OH excluding ortho intramolecular Hbond substituents is 1. The summed E-state index contributed by atoms with van der Waals surface area (Å²) >= 11 is 0. The predicted molar refractivity (Wildman–Crippen MR) is 81.4 cm³/mol. The molecule has 0 aliphatic carbocycles. The van der Waals surface area contributed by atoms with Crippen molar-refractivity contribution in [3.63, 3.8) is 0 Å². The van der Waals surface area contributed by atoms with Gasteiger partial charge in [0, 0.05) is 30.4 Å².